The molecule has 5 nitrogen and oxygen atoms in total. The third kappa shape index (κ3) is 3.84. The van der Waals surface area contributed by atoms with Gasteiger partial charge in [0.05, 0.1) is 6.54 Å². The van der Waals surface area contributed by atoms with Crippen LogP contribution in [0.25, 0.3) is 0 Å². The highest BCUT2D eigenvalue weighted by Gasteiger charge is 2.30. The molecule has 114 valence electrons. The summed E-state index contributed by atoms with van der Waals surface area (Å²) >= 11 is 0. The molecule has 0 bridgehead atoms. The molecule has 1 aromatic rings. The quantitative estimate of drug-likeness (QED) is 0.875. The van der Waals surface area contributed by atoms with Crippen molar-refractivity contribution >= 4 is 10.0 Å². The minimum atomic E-state index is -3.54. The van der Waals surface area contributed by atoms with E-state index in [1.54, 1.807) is 13.1 Å². The van der Waals surface area contributed by atoms with Gasteiger partial charge in [-0.05, 0) is 50.3 Å². The third-order valence-corrected chi connectivity index (χ3v) is 5.31. The molecular formula is C14H24N2O3S. The van der Waals surface area contributed by atoms with Crippen LogP contribution in [0.5, 0.6) is 0 Å². The van der Waals surface area contributed by atoms with Crippen molar-refractivity contribution in [2.45, 2.75) is 57.2 Å². The van der Waals surface area contributed by atoms with Crippen LogP contribution in [0.4, 0.5) is 0 Å². The van der Waals surface area contributed by atoms with Crippen LogP contribution in [0.1, 0.15) is 45.3 Å². The molecule has 0 spiro atoms. The fraction of sp³-hybridized carbons (Fsp3) is 0.714. The van der Waals surface area contributed by atoms with Crippen LogP contribution in [0.15, 0.2) is 21.6 Å². The van der Waals surface area contributed by atoms with E-state index in [4.69, 9.17) is 4.42 Å². The molecule has 0 amide bonds. The summed E-state index contributed by atoms with van der Waals surface area (Å²) in [4.78, 5) is 0. The topological polar surface area (TPSA) is 71.3 Å². The van der Waals surface area contributed by atoms with Crippen LogP contribution >= 0.6 is 0 Å². The lowest BCUT2D eigenvalue weighted by atomic mass is 9.76. The Bertz CT molecular complexity index is 539. The van der Waals surface area contributed by atoms with Crippen LogP contribution in [0, 0.1) is 5.41 Å². The summed E-state index contributed by atoms with van der Waals surface area (Å²) in [6.07, 6.45) is 3.86. The van der Waals surface area contributed by atoms with E-state index < -0.39 is 10.0 Å². The van der Waals surface area contributed by atoms with Gasteiger partial charge in [0.2, 0.25) is 5.09 Å². The van der Waals surface area contributed by atoms with Crippen molar-refractivity contribution < 1.29 is 12.8 Å². The van der Waals surface area contributed by atoms with E-state index in [0.717, 1.165) is 25.7 Å². The molecule has 20 heavy (non-hydrogen) atoms. The smallest absolute Gasteiger partial charge is 0.274 e. The highest BCUT2D eigenvalue weighted by molar-refractivity contribution is 7.89. The second-order valence-corrected chi connectivity index (χ2v) is 7.96. The molecular weight excluding hydrogens is 276 g/mol. The highest BCUT2D eigenvalue weighted by Crippen LogP contribution is 2.35. The molecule has 0 saturated heterocycles. The van der Waals surface area contributed by atoms with Gasteiger partial charge >= 0.3 is 0 Å². The van der Waals surface area contributed by atoms with Crippen molar-refractivity contribution in [3.05, 3.63) is 17.9 Å². The van der Waals surface area contributed by atoms with Gasteiger partial charge in [-0.3, -0.25) is 0 Å². The molecule has 1 heterocycles. The van der Waals surface area contributed by atoms with Crippen LogP contribution in [0.2, 0.25) is 0 Å². The standard InChI is InChI=1S/C14H24N2O3S/c1-14(2)8-6-11(7-9-14)16-20(17,18)13-5-4-12(19-13)10-15-3/h4-5,11,15-16H,6-10H2,1-3H3. The first-order chi connectivity index (χ1) is 9.32. The number of sulfonamides is 1. The number of furan rings is 1. The lowest BCUT2D eigenvalue weighted by molar-refractivity contribution is 0.217. The van der Waals surface area contributed by atoms with Crippen LogP contribution in [-0.4, -0.2) is 21.5 Å². The average Bonchev–Trinajstić information content (AvgIpc) is 2.82. The first-order valence-corrected chi connectivity index (χ1v) is 8.56. The summed E-state index contributed by atoms with van der Waals surface area (Å²) in [6.45, 7) is 4.98. The zero-order chi connectivity index (χ0) is 14.8. The average molecular weight is 300 g/mol. The zero-order valence-corrected chi connectivity index (χ0v) is 13.2. The van der Waals surface area contributed by atoms with E-state index in [1.807, 2.05) is 0 Å². The molecule has 0 aliphatic heterocycles. The summed E-state index contributed by atoms with van der Waals surface area (Å²) in [5, 5.41) is 2.94. The van der Waals surface area contributed by atoms with Crippen molar-refractivity contribution in [1.29, 1.82) is 0 Å². The van der Waals surface area contributed by atoms with Gasteiger partial charge in [-0.1, -0.05) is 13.8 Å². The Labute approximate surface area is 121 Å². The molecule has 1 aliphatic rings. The highest BCUT2D eigenvalue weighted by atomic mass is 32.2. The SMILES string of the molecule is CNCc1ccc(S(=O)(=O)NC2CCC(C)(C)CC2)o1. The van der Waals surface area contributed by atoms with E-state index >= 15 is 0 Å². The van der Waals surface area contributed by atoms with Crippen molar-refractivity contribution in [2.24, 2.45) is 5.41 Å². The van der Waals surface area contributed by atoms with E-state index in [2.05, 4.69) is 23.9 Å². The lowest BCUT2D eigenvalue weighted by Crippen LogP contribution is -2.39. The molecule has 1 aromatic heterocycles. The Morgan fingerprint density at radius 2 is 1.95 bits per heavy atom. The fourth-order valence-electron chi connectivity index (χ4n) is 2.57. The Hall–Kier alpha value is -0.850. The molecule has 0 radical (unpaired) electrons. The van der Waals surface area contributed by atoms with Gasteiger partial charge in [0.1, 0.15) is 5.76 Å². The lowest BCUT2D eigenvalue weighted by Gasteiger charge is -2.34. The number of hydrogen-bond donors (Lipinski definition) is 2. The van der Waals surface area contributed by atoms with Crippen LogP contribution in [0.3, 0.4) is 0 Å². The van der Waals surface area contributed by atoms with Gasteiger partial charge in [-0.2, -0.15) is 0 Å². The van der Waals surface area contributed by atoms with Crippen molar-refractivity contribution in [1.82, 2.24) is 10.0 Å². The molecule has 6 heteroatoms. The Morgan fingerprint density at radius 1 is 1.30 bits per heavy atom. The van der Waals surface area contributed by atoms with Gasteiger partial charge in [0, 0.05) is 6.04 Å². The fourth-order valence-corrected chi connectivity index (χ4v) is 3.82. The monoisotopic (exact) mass is 300 g/mol. The van der Waals surface area contributed by atoms with E-state index in [-0.39, 0.29) is 11.1 Å². The van der Waals surface area contributed by atoms with Gasteiger partial charge in [0.25, 0.3) is 10.0 Å². The van der Waals surface area contributed by atoms with Crippen molar-refractivity contribution in [3.63, 3.8) is 0 Å². The molecule has 0 unspecified atom stereocenters. The molecule has 0 aromatic carbocycles. The predicted molar refractivity (Wildman–Crippen MR) is 77.8 cm³/mol. The molecule has 1 fully saturated rings. The maximum atomic E-state index is 12.3. The van der Waals surface area contributed by atoms with E-state index in [9.17, 15) is 8.42 Å². The maximum Gasteiger partial charge on any atom is 0.274 e. The Balaban J connectivity index is 2.00. The minimum absolute atomic E-state index is 0.00702. The largest absolute Gasteiger partial charge is 0.447 e. The molecule has 1 aliphatic carbocycles. The van der Waals surface area contributed by atoms with Gasteiger partial charge in [-0.25, -0.2) is 13.1 Å². The van der Waals surface area contributed by atoms with E-state index in [0.29, 0.717) is 17.7 Å². The normalized spacial score (nSPS) is 20.1. The minimum Gasteiger partial charge on any atom is -0.447 e. The third-order valence-electron chi connectivity index (χ3n) is 3.91. The number of hydrogen-bond acceptors (Lipinski definition) is 4. The van der Waals surface area contributed by atoms with E-state index in [1.165, 1.54) is 6.07 Å². The molecule has 1 saturated carbocycles. The number of rotatable bonds is 5. The summed E-state index contributed by atoms with van der Waals surface area (Å²) in [7, 11) is -1.75. The number of nitrogens with one attached hydrogen (secondary N) is 2. The van der Waals surface area contributed by atoms with Gasteiger partial charge in [0.15, 0.2) is 0 Å². The first kappa shape index (κ1) is 15.5. The van der Waals surface area contributed by atoms with Gasteiger partial charge in [-0.15, -0.1) is 0 Å². The summed E-state index contributed by atoms with van der Waals surface area (Å²) in [5.41, 5.74) is 0.326. The van der Waals surface area contributed by atoms with Gasteiger partial charge < -0.3 is 9.73 Å². The Kier molecular flexibility index (Phi) is 4.56. The first-order valence-electron chi connectivity index (χ1n) is 7.08. The molecule has 2 N–H and O–H groups in total. The summed E-state index contributed by atoms with van der Waals surface area (Å²) in [6, 6.07) is 3.22. The van der Waals surface area contributed by atoms with Crippen molar-refractivity contribution in [3.8, 4) is 0 Å². The maximum absolute atomic E-state index is 12.3. The zero-order valence-electron chi connectivity index (χ0n) is 12.4. The van der Waals surface area contributed by atoms with Crippen molar-refractivity contribution in [2.75, 3.05) is 7.05 Å². The van der Waals surface area contributed by atoms with Crippen LogP contribution < -0.4 is 10.0 Å². The second-order valence-electron chi connectivity index (χ2n) is 6.31. The second kappa shape index (κ2) is 5.87. The molecule has 2 rings (SSSR count). The molecule has 0 atom stereocenters. The summed E-state index contributed by atoms with van der Waals surface area (Å²) < 4.78 is 32.6. The summed E-state index contributed by atoms with van der Waals surface area (Å²) in [5.74, 6) is 0.623. The Morgan fingerprint density at radius 3 is 2.55 bits per heavy atom. The van der Waals surface area contributed by atoms with Crippen LogP contribution in [-0.2, 0) is 16.6 Å². The predicted octanol–water partition coefficient (Wildman–Crippen LogP) is 2.25.